The Morgan fingerprint density at radius 3 is 1.93 bits per heavy atom. The summed E-state index contributed by atoms with van der Waals surface area (Å²) in [5.74, 6) is -3.62. The molecule has 234 valence electrons. The third kappa shape index (κ3) is 10.8. The van der Waals surface area contributed by atoms with E-state index in [1.165, 1.54) is 5.56 Å². The fraction of sp³-hybridized carbons (Fsp3) is 0.542. The smallest absolute Gasteiger partial charge is 0.490 e. The molecule has 4 rings (SSSR count). The van der Waals surface area contributed by atoms with Crippen molar-refractivity contribution in [2.75, 3.05) is 46.9 Å². The van der Waals surface area contributed by atoms with Crippen molar-refractivity contribution < 1.29 is 55.7 Å². The van der Waals surface area contributed by atoms with Crippen LogP contribution in [0.1, 0.15) is 11.4 Å². The van der Waals surface area contributed by atoms with Gasteiger partial charge in [0.05, 0.1) is 26.1 Å². The van der Waals surface area contributed by atoms with Crippen molar-refractivity contribution in [2.24, 2.45) is 5.92 Å². The van der Waals surface area contributed by atoms with E-state index >= 15 is 0 Å². The molecular formula is C24H30F6N6O6. The predicted octanol–water partition coefficient (Wildman–Crippen LogP) is 1.96. The van der Waals surface area contributed by atoms with Crippen LogP contribution in [0.25, 0.3) is 0 Å². The van der Waals surface area contributed by atoms with Crippen LogP contribution in [-0.2, 0) is 34.0 Å². The van der Waals surface area contributed by atoms with Gasteiger partial charge in [0, 0.05) is 39.3 Å². The van der Waals surface area contributed by atoms with Gasteiger partial charge in [0.1, 0.15) is 17.9 Å². The SMILES string of the molecule is COc1ccc(CN2Cc3ncnn3CC(C(=O)N3CCN(C)CC3)C2)cc1.O=C(O)C(F)(F)F.O=C(O)C(F)(F)F. The number of rotatable bonds is 4. The van der Waals surface area contributed by atoms with Crippen LogP contribution in [0.2, 0.25) is 0 Å². The first-order chi connectivity index (χ1) is 19.5. The van der Waals surface area contributed by atoms with Gasteiger partial charge >= 0.3 is 24.3 Å². The average molecular weight is 613 g/mol. The molecule has 1 amide bonds. The molecule has 1 saturated heterocycles. The summed E-state index contributed by atoms with van der Waals surface area (Å²) in [6.07, 6.45) is -8.58. The average Bonchev–Trinajstić information content (AvgIpc) is 3.27. The molecule has 3 heterocycles. The molecule has 1 aromatic carbocycles. The van der Waals surface area contributed by atoms with Gasteiger partial charge in [0.2, 0.25) is 5.91 Å². The van der Waals surface area contributed by atoms with E-state index in [1.807, 2.05) is 21.7 Å². The summed E-state index contributed by atoms with van der Waals surface area (Å²) in [6, 6.07) is 8.10. The molecule has 2 N–H and O–H groups in total. The zero-order valence-electron chi connectivity index (χ0n) is 22.6. The monoisotopic (exact) mass is 612 g/mol. The minimum atomic E-state index is -5.08. The second-order valence-electron chi connectivity index (χ2n) is 9.31. The first-order valence-corrected chi connectivity index (χ1v) is 12.3. The maximum atomic E-state index is 13.2. The number of benzene rings is 1. The number of amides is 1. The fourth-order valence-electron chi connectivity index (χ4n) is 3.96. The second-order valence-corrected chi connectivity index (χ2v) is 9.31. The van der Waals surface area contributed by atoms with E-state index in [-0.39, 0.29) is 11.8 Å². The molecule has 0 radical (unpaired) electrons. The fourth-order valence-corrected chi connectivity index (χ4v) is 3.96. The molecule has 1 atom stereocenters. The number of piperazine rings is 1. The molecule has 12 nitrogen and oxygen atoms in total. The molecule has 42 heavy (non-hydrogen) atoms. The molecular weight excluding hydrogens is 582 g/mol. The Labute approximate surface area is 236 Å². The lowest BCUT2D eigenvalue weighted by Crippen LogP contribution is -2.50. The number of alkyl halides is 6. The van der Waals surface area contributed by atoms with Gasteiger partial charge in [-0.15, -0.1) is 0 Å². The lowest BCUT2D eigenvalue weighted by atomic mass is 10.1. The van der Waals surface area contributed by atoms with Crippen molar-refractivity contribution in [2.45, 2.75) is 32.0 Å². The third-order valence-corrected chi connectivity index (χ3v) is 6.15. The van der Waals surface area contributed by atoms with E-state index in [2.05, 4.69) is 39.1 Å². The number of carbonyl (C=O) groups excluding carboxylic acids is 1. The maximum absolute atomic E-state index is 13.2. The summed E-state index contributed by atoms with van der Waals surface area (Å²) < 4.78 is 70.6. The largest absolute Gasteiger partial charge is 0.497 e. The molecule has 0 spiro atoms. The van der Waals surface area contributed by atoms with E-state index in [0.29, 0.717) is 19.6 Å². The van der Waals surface area contributed by atoms with Crippen LogP contribution in [0.4, 0.5) is 26.3 Å². The number of hydrogen-bond acceptors (Lipinski definition) is 8. The van der Waals surface area contributed by atoms with Crippen molar-refractivity contribution >= 4 is 17.8 Å². The molecule has 1 fully saturated rings. The zero-order valence-corrected chi connectivity index (χ0v) is 22.6. The Balaban J connectivity index is 0.000000367. The van der Waals surface area contributed by atoms with Crippen LogP contribution >= 0.6 is 0 Å². The third-order valence-electron chi connectivity index (χ3n) is 6.15. The Kier molecular flexibility index (Phi) is 12.1. The number of halogens is 6. The molecule has 2 aliphatic heterocycles. The van der Waals surface area contributed by atoms with Gasteiger partial charge < -0.3 is 24.7 Å². The summed E-state index contributed by atoms with van der Waals surface area (Å²) in [7, 11) is 3.77. The topological polar surface area (TPSA) is 141 Å². The first kappa shape index (κ1) is 34.3. The van der Waals surface area contributed by atoms with Crippen LogP contribution in [0.15, 0.2) is 30.6 Å². The van der Waals surface area contributed by atoms with E-state index in [1.54, 1.807) is 13.4 Å². The van der Waals surface area contributed by atoms with E-state index in [9.17, 15) is 31.1 Å². The predicted molar refractivity (Wildman–Crippen MR) is 132 cm³/mol. The quantitative estimate of drug-likeness (QED) is 0.493. The van der Waals surface area contributed by atoms with Crippen molar-refractivity contribution in [1.82, 2.24) is 29.5 Å². The van der Waals surface area contributed by atoms with Crippen LogP contribution in [0, 0.1) is 5.92 Å². The lowest BCUT2D eigenvalue weighted by molar-refractivity contribution is -0.193. The number of carbonyl (C=O) groups is 3. The van der Waals surface area contributed by atoms with Gasteiger partial charge in [0.15, 0.2) is 0 Å². The van der Waals surface area contributed by atoms with Gasteiger partial charge in [-0.2, -0.15) is 31.4 Å². The number of carboxylic acid groups (broad SMARTS) is 2. The summed E-state index contributed by atoms with van der Waals surface area (Å²) in [6.45, 7) is 6.23. The van der Waals surface area contributed by atoms with Crippen LogP contribution < -0.4 is 4.74 Å². The standard InChI is InChI=1S/C20H28N6O2.2C2HF3O2/c1-23-7-9-25(10-8-23)20(27)17-12-24(14-19-21-15-22-26(19)13-17)11-16-3-5-18(28-2)6-4-16;2*3-2(4,5)1(6)7/h3-6,15,17H,7-14H2,1-2H3;2*(H,6,7). The number of hydrogen-bond donors (Lipinski definition) is 2. The van der Waals surface area contributed by atoms with Gasteiger partial charge in [-0.1, -0.05) is 12.1 Å². The molecule has 2 aromatic rings. The van der Waals surface area contributed by atoms with Gasteiger partial charge in [-0.05, 0) is 24.7 Å². The van der Waals surface area contributed by atoms with E-state index in [4.69, 9.17) is 24.5 Å². The minimum Gasteiger partial charge on any atom is -0.497 e. The van der Waals surface area contributed by atoms with Gasteiger partial charge in [-0.25, -0.2) is 19.3 Å². The number of fused-ring (bicyclic) bond motifs is 1. The van der Waals surface area contributed by atoms with E-state index in [0.717, 1.165) is 44.3 Å². The molecule has 0 aliphatic carbocycles. The van der Waals surface area contributed by atoms with Crippen molar-refractivity contribution in [3.8, 4) is 5.75 Å². The molecule has 0 saturated carbocycles. The summed E-state index contributed by atoms with van der Waals surface area (Å²) in [5, 5.41) is 18.6. The maximum Gasteiger partial charge on any atom is 0.490 e. The summed E-state index contributed by atoms with van der Waals surface area (Å²) in [5.41, 5.74) is 1.19. The highest BCUT2D eigenvalue weighted by molar-refractivity contribution is 5.79. The van der Waals surface area contributed by atoms with Crippen LogP contribution in [0.3, 0.4) is 0 Å². The highest BCUT2D eigenvalue weighted by atomic mass is 19.4. The Hall–Kier alpha value is -3.93. The highest BCUT2D eigenvalue weighted by Crippen LogP contribution is 2.21. The molecule has 0 bridgehead atoms. The summed E-state index contributed by atoms with van der Waals surface area (Å²) >= 11 is 0. The minimum absolute atomic E-state index is 0.107. The molecule has 2 aliphatic rings. The van der Waals surface area contributed by atoms with Gasteiger partial charge in [-0.3, -0.25) is 9.69 Å². The van der Waals surface area contributed by atoms with Crippen molar-refractivity contribution in [3.63, 3.8) is 0 Å². The number of carboxylic acids is 2. The number of aromatic nitrogens is 3. The number of methoxy groups -OCH3 is 1. The first-order valence-electron chi connectivity index (χ1n) is 12.3. The van der Waals surface area contributed by atoms with E-state index < -0.39 is 24.3 Å². The van der Waals surface area contributed by atoms with Gasteiger partial charge in [0.25, 0.3) is 0 Å². The van der Waals surface area contributed by atoms with Crippen LogP contribution in [0.5, 0.6) is 5.75 Å². The molecule has 1 unspecified atom stereocenters. The number of ether oxygens (including phenoxy) is 1. The Bertz CT molecular complexity index is 1160. The number of nitrogens with zero attached hydrogens (tertiary/aromatic N) is 6. The Morgan fingerprint density at radius 2 is 1.45 bits per heavy atom. The van der Waals surface area contributed by atoms with Crippen molar-refractivity contribution in [3.05, 3.63) is 42.0 Å². The lowest BCUT2D eigenvalue weighted by Gasteiger charge is -2.35. The Morgan fingerprint density at radius 1 is 0.929 bits per heavy atom. The molecule has 18 heteroatoms. The van der Waals surface area contributed by atoms with Crippen molar-refractivity contribution in [1.29, 1.82) is 0 Å². The highest BCUT2D eigenvalue weighted by Gasteiger charge is 2.39. The number of likely N-dealkylation sites (N-methyl/N-ethyl adjacent to an activating group) is 1. The normalized spacial score (nSPS) is 17.9. The second kappa shape index (κ2) is 14.8. The molecule has 1 aromatic heterocycles. The van der Waals surface area contributed by atoms with Crippen LogP contribution in [-0.4, -0.2) is 117 Å². The summed E-state index contributed by atoms with van der Waals surface area (Å²) in [4.78, 5) is 42.0. The number of aliphatic carboxylic acids is 2. The zero-order chi connectivity index (χ0) is 31.7.